The number of hydrogen-bond acceptors (Lipinski definition) is 1. The molecule has 0 heterocycles. The lowest BCUT2D eigenvalue weighted by atomic mass is 10.2. The molecule has 0 aromatic carbocycles. The first-order chi connectivity index (χ1) is 6.41. The van der Waals surface area contributed by atoms with E-state index >= 15 is 0 Å². The maximum atomic E-state index is 9.87. The largest absolute Gasteiger partial charge is 0.299 e. The third kappa shape index (κ3) is 10.6. The van der Waals surface area contributed by atoms with Gasteiger partial charge in [0, 0.05) is 0 Å². The molecule has 0 N–H and O–H groups in total. The van der Waals surface area contributed by atoms with Crippen LogP contribution in [0.3, 0.4) is 0 Å². The third-order valence-corrected chi connectivity index (χ3v) is 1.38. The molecular formula is C12H16O. The molecule has 13 heavy (non-hydrogen) atoms. The lowest BCUT2D eigenvalue weighted by Gasteiger charge is -1.83. The first-order valence-electron chi connectivity index (χ1n) is 4.46. The monoisotopic (exact) mass is 176 g/mol. The number of unbranched alkanes of at least 4 members (excludes halogenated alkanes) is 1. The second-order valence-corrected chi connectivity index (χ2v) is 2.48. The van der Waals surface area contributed by atoms with Crippen LogP contribution in [0.1, 0.15) is 19.8 Å². The molecule has 1 nitrogen and oxygen atoms in total. The molecule has 0 atom stereocenters. The standard InChI is InChI=1S/C12H16O/c1-2-3-4-5-6-7-8-9-10-11-12-13/h2-5,8-12H,6-7H2,1H3. The number of carbonyl (C=O) groups excluding carboxylic acids is 1. The van der Waals surface area contributed by atoms with Crippen LogP contribution in [-0.4, -0.2) is 6.29 Å². The summed E-state index contributed by atoms with van der Waals surface area (Å²) in [6.45, 7) is 1.99. The van der Waals surface area contributed by atoms with Gasteiger partial charge in [0.2, 0.25) is 0 Å². The smallest absolute Gasteiger partial charge is 0.142 e. The maximum Gasteiger partial charge on any atom is 0.142 e. The van der Waals surface area contributed by atoms with Crippen molar-refractivity contribution in [2.45, 2.75) is 19.8 Å². The van der Waals surface area contributed by atoms with Crippen LogP contribution in [0.4, 0.5) is 0 Å². The van der Waals surface area contributed by atoms with Gasteiger partial charge in [-0.15, -0.1) is 0 Å². The Morgan fingerprint density at radius 1 is 0.846 bits per heavy atom. The van der Waals surface area contributed by atoms with E-state index < -0.39 is 0 Å². The lowest BCUT2D eigenvalue weighted by molar-refractivity contribution is -0.104. The molecule has 1 heteroatoms. The van der Waals surface area contributed by atoms with Crippen molar-refractivity contribution in [3.8, 4) is 0 Å². The average molecular weight is 176 g/mol. The SMILES string of the molecule is CC=CC=CCCC=CC=CC=O. The second-order valence-electron chi connectivity index (χ2n) is 2.48. The van der Waals surface area contributed by atoms with Gasteiger partial charge in [-0.2, -0.15) is 0 Å². The van der Waals surface area contributed by atoms with Crippen LogP contribution in [0.2, 0.25) is 0 Å². The summed E-state index contributed by atoms with van der Waals surface area (Å²) in [6, 6.07) is 0. The Balaban J connectivity index is 3.39. The van der Waals surface area contributed by atoms with E-state index in [2.05, 4.69) is 6.08 Å². The Kier molecular flexibility index (Phi) is 9.51. The minimum Gasteiger partial charge on any atom is -0.299 e. The summed E-state index contributed by atoms with van der Waals surface area (Å²) in [5.74, 6) is 0. The summed E-state index contributed by atoms with van der Waals surface area (Å²) < 4.78 is 0. The van der Waals surface area contributed by atoms with E-state index in [4.69, 9.17) is 0 Å². The van der Waals surface area contributed by atoms with Crippen molar-refractivity contribution in [2.24, 2.45) is 0 Å². The summed E-state index contributed by atoms with van der Waals surface area (Å²) in [7, 11) is 0. The Hall–Kier alpha value is -1.37. The fraction of sp³-hybridized carbons (Fsp3) is 0.250. The number of rotatable bonds is 6. The van der Waals surface area contributed by atoms with Crippen molar-refractivity contribution in [3.63, 3.8) is 0 Å². The molecule has 0 radical (unpaired) electrons. The quantitative estimate of drug-likeness (QED) is 0.263. The van der Waals surface area contributed by atoms with Gasteiger partial charge in [-0.05, 0) is 25.8 Å². The number of hydrogen-bond donors (Lipinski definition) is 0. The highest BCUT2D eigenvalue weighted by Crippen LogP contribution is 1.93. The van der Waals surface area contributed by atoms with Crippen LogP contribution in [0, 0.1) is 0 Å². The first kappa shape index (κ1) is 11.6. The third-order valence-electron chi connectivity index (χ3n) is 1.38. The maximum absolute atomic E-state index is 9.87. The van der Waals surface area contributed by atoms with Gasteiger partial charge in [0.15, 0.2) is 0 Å². The summed E-state index contributed by atoms with van der Waals surface area (Å²) in [6.07, 6.45) is 18.1. The van der Waals surface area contributed by atoms with Gasteiger partial charge in [0.25, 0.3) is 0 Å². The summed E-state index contributed by atoms with van der Waals surface area (Å²) >= 11 is 0. The van der Waals surface area contributed by atoms with Gasteiger partial charge in [0.1, 0.15) is 6.29 Å². The van der Waals surface area contributed by atoms with Crippen LogP contribution >= 0.6 is 0 Å². The van der Waals surface area contributed by atoms with Gasteiger partial charge < -0.3 is 0 Å². The highest BCUT2D eigenvalue weighted by Gasteiger charge is 1.73. The minimum atomic E-state index is 0.774. The van der Waals surface area contributed by atoms with E-state index in [9.17, 15) is 4.79 Å². The summed E-state index contributed by atoms with van der Waals surface area (Å²) in [5, 5.41) is 0. The molecule has 0 saturated heterocycles. The predicted octanol–water partition coefficient (Wildman–Crippen LogP) is 3.21. The van der Waals surface area contributed by atoms with Crippen LogP contribution in [0.15, 0.2) is 48.6 Å². The van der Waals surface area contributed by atoms with E-state index in [1.807, 2.05) is 37.3 Å². The Bertz CT molecular complexity index is 219. The van der Waals surface area contributed by atoms with E-state index in [1.54, 1.807) is 6.08 Å². The summed E-state index contributed by atoms with van der Waals surface area (Å²) in [5.41, 5.74) is 0. The van der Waals surface area contributed by atoms with E-state index in [-0.39, 0.29) is 0 Å². The van der Waals surface area contributed by atoms with Gasteiger partial charge in [-0.1, -0.05) is 42.5 Å². The molecule has 70 valence electrons. The number of allylic oxidation sites excluding steroid dienone is 8. The molecule has 0 bridgehead atoms. The second kappa shape index (κ2) is 10.6. The van der Waals surface area contributed by atoms with Crippen molar-refractivity contribution in [1.29, 1.82) is 0 Å². The molecule has 0 saturated carbocycles. The van der Waals surface area contributed by atoms with Crippen molar-refractivity contribution in [3.05, 3.63) is 48.6 Å². The summed E-state index contributed by atoms with van der Waals surface area (Å²) in [4.78, 5) is 9.87. The molecule has 0 unspecified atom stereocenters. The topological polar surface area (TPSA) is 17.1 Å². The molecule has 0 aliphatic rings. The van der Waals surface area contributed by atoms with Gasteiger partial charge in [-0.3, -0.25) is 4.79 Å². The number of aldehydes is 1. The zero-order chi connectivity index (χ0) is 9.78. The van der Waals surface area contributed by atoms with E-state index in [1.165, 1.54) is 6.08 Å². The Labute approximate surface area is 80.2 Å². The molecule has 0 spiro atoms. The van der Waals surface area contributed by atoms with Crippen molar-refractivity contribution in [1.82, 2.24) is 0 Å². The average Bonchev–Trinajstić information content (AvgIpc) is 2.16. The molecule has 0 fully saturated rings. The van der Waals surface area contributed by atoms with Crippen molar-refractivity contribution in [2.75, 3.05) is 0 Å². The molecule has 0 aliphatic carbocycles. The van der Waals surface area contributed by atoms with Gasteiger partial charge in [0.05, 0.1) is 0 Å². The minimum absolute atomic E-state index is 0.774. The highest BCUT2D eigenvalue weighted by molar-refractivity contribution is 5.65. The lowest BCUT2D eigenvalue weighted by Crippen LogP contribution is -1.63. The van der Waals surface area contributed by atoms with E-state index in [0.29, 0.717) is 0 Å². The molecule has 0 amide bonds. The number of carbonyl (C=O) groups is 1. The molecule has 0 aromatic rings. The van der Waals surface area contributed by atoms with Gasteiger partial charge in [-0.25, -0.2) is 0 Å². The fourth-order valence-corrected chi connectivity index (χ4v) is 0.763. The normalized spacial score (nSPS) is 12.7. The van der Waals surface area contributed by atoms with Gasteiger partial charge >= 0.3 is 0 Å². The Morgan fingerprint density at radius 2 is 1.46 bits per heavy atom. The van der Waals surface area contributed by atoms with Crippen LogP contribution in [0.25, 0.3) is 0 Å². The highest BCUT2D eigenvalue weighted by atomic mass is 16.1. The first-order valence-corrected chi connectivity index (χ1v) is 4.46. The zero-order valence-corrected chi connectivity index (χ0v) is 8.02. The van der Waals surface area contributed by atoms with Crippen molar-refractivity contribution >= 4 is 6.29 Å². The molecule has 0 rings (SSSR count). The predicted molar refractivity (Wildman–Crippen MR) is 57.5 cm³/mol. The molecule has 0 aliphatic heterocycles. The van der Waals surface area contributed by atoms with Crippen LogP contribution in [0.5, 0.6) is 0 Å². The van der Waals surface area contributed by atoms with Crippen LogP contribution < -0.4 is 0 Å². The van der Waals surface area contributed by atoms with E-state index in [0.717, 1.165) is 19.1 Å². The fourth-order valence-electron chi connectivity index (χ4n) is 0.763. The Morgan fingerprint density at radius 3 is 2.00 bits per heavy atom. The van der Waals surface area contributed by atoms with Crippen LogP contribution in [-0.2, 0) is 4.79 Å². The molecular weight excluding hydrogens is 160 g/mol. The zero-order valence-electron chi connectivity index (χ0n) is 8.02. The molecule has 0 aromatic heterocycles. The van der Waals surface area contributed by atoms with Crippen molar-refractivity contribution < 1.29 is 4.79 Å².